The van der Waals surface area contributed by atoms with E-state index in [1.165, 1.54) is 0 Å². The van der Waals surface area contributed by atoms with Gasteiger partial charge in [-0.2, -0.15) is 0 Å². The van der Waals surface area contributed by atoms with Crippen molar-refractivity contribution in [3.8, 4) is 5.75 Å². The summed E-state index contributed by atoms with van der Waals surface area (Å²) >= 11 is 0. The number of fused-ring (bicyclic) bond motifs is 3. The number of hydrogen-bond acceptors (Lipinski definition) is 5. The van der Waals surface area contributed by atoms with E-state index in [0.717, 1.165) is 35.0 Å². The number of nitrogens with one attached hydrogen (secondary N) is 1. The van der Waals surface area contributed by atoms with Gasteiger partial charge in [0, 0.05) is 60.3 Å². The standard InChI is InChI=1S/C25H30N4O4/c1-5-6-16(2)33-25(31)29-14-11-20-19(15-29)22-18(7-8-21(32-4)23(22)28(20)3)24(30)27-17-9-12-26-13-10-17/h7-10,12-13,16H,5-6,11,14-15H2,1-4H3,(H,26,27,30). The fourth-order valence-corrected chi connectivity index (χ4v) is 4.55. The molecule has 1 aliphatic rings. The van der Waals surface area contributed by atoms with Gasteiger partial charge in [-0.3, -0.25) is 9.78 Å². The summed E-state index contributed by atoms with van der Waals surface area (Å²) in [5.41, 5.74) is 4.10. The summed E-state index contributed by atoms with van der Waals surface area (Å²) in [7, 11) is 3.60. The first kappa shape index (κ1) is 22.6. The van der Waals surface area contributed by atoms with Crippen LogP contribution in [0, 0.1) is 0 Å². The van der Waals surface area contributed by atoms with Crippen molar-refractivity contribution in [3.63, 3.8) is 0 Å². The summed E-state index contributed by atoms with van der Waals surface area (Å²) in [5.74, 6) is 0.464. The van der Waals surface area contributed by atoms with Crippen LogP contribution in [-0.2, 0) is 24.8 Å². The first-order chi connectivity index (χ1) is 15.9. The Kier molecular flexibility index (Phi) is 6.53. The monoisotopic (exact) mass is 450 g/mol. The van der Waals surface area contributed by atoms with Gasteiger partial charge >= 0.3 is 6.09 Å². The fraction of sp³-hybridized carbons (Fsp3) is 0.400. The highest BCUT2D eigenvalue weighted by Gasteiger charge is 2.30. The van der Waals surface area contributed by atoms with Crippen LogP contribution in [0.15, 0.2) is 36.7 Å². The third-order valence-electron chi connectivity index (χ3n) is 6.16. The minimum atomic E-state index is -0.315. The van der Waals surface area contributed by atoms with Crippen molar-refractivity contribution in [1.29, 1.82) is 0 Å². The number of nitrogens with zero attached hydrogens (tertiary/aromatic N) is 3. The van der Waals surface area contributed by atoms with Gasteiger partial charge in [0.25, 0.3) is 5.91 Å². The number of ether oxygens (including phenoxy) is 2. The van der Waals surface area contributed by atoms with Gasteiger partial charge in [-0.25, -0.2) is 4.79 Å². The molecule has 4 rings (SSSR count). The molecule has 1 aliphatic heterocycles. The number of anilines is 1. The zero-order valence-electron chi connectivity index (χ0n) is 19.6. The third-order valence-corrected chi connectivity index (χ3v) is 6.16. The number of hydrogen-bond donors (Lipinski definition) is 1. The van der Waals surface area contributed by atoms with E-state index in [4.69, 9.17) is 9.47 Å². The molecule has 174 valence electrons. The van der Waals surface area contributed by atoms with Crippen LogP contribution in [-0.4, -0.2) is 46.2 Å². The number of amides is 2. The van der Waals surface area contributed by atoms with E-state index in [0.29, 0.717) is 36.5 Å². The van der Waals surface area contributed by atoms with E-state index < -0.39 is 0 Å². The lowest BCUT2D eigenvalue weighted by molar-refractivity contribution is 0.0626. The summed E-state index contributed by atoms with van der Waals surface area (Å²) in [5, 5.41) is 3.75. The molecule has 8 nitrogen and oxygen atoms in total. The molecule has 0 radical (unpaired) electrons. The molecule has 0 fully saturated rings. The Bertz CT molecular complexity index is 1170. The SMILES string of the molecule is CCCC(C)OC(=O)N1CCc2c(c3c(C(=O)Nc4ccncc4)ccc(OC)c3n2C)C1. The van der Waals surface area contributed by atoms with E-state index in [-0.39, 0.29) is 18.1 Å². The van der Waals surface area contributed by atoms with Crippen molar-refractivity contribution in [2.45, 2.75) is 45.8 Å². The second kappa shape index (κ2) is 9.52. The summed E-state index contributed by atoms with van der Waals surface area (Å²) < 4.78 is 13.3. The van der Waals surface area contributed by atoms with E-state index in [2.05, 4.69) is 21.8 Å². The summed E-state index contributed by atoms with van der Waals surface area (Å²) in [6.45, 7) is 4.93. The molecule has 0 saturated carbocycles. The van der Waals surface area contributed by atoms with E-state index >= 15 is 0 Å². The van der Waals surface area contributed by atoms with Crippen molar-refractivity contribution in [3.05, 3.63) is 53.5 Å². The topological polar surface area (TPSA) is 85.7 Å². The number of benzene rings is 1. The predicted molar refractivity (Wildman–Crippen MR) is 127 cm³/mol. The second-order valence-electron chi connectivity index (χ2n) is 8.37. The van der Waals surface area contributed by atoms with Gasteiger partial charge in [0.15, 0.2) is 0 Å². The van der Waals surface area contributed by atoms with Crippen LogP contribution < -0.4 is 10.1 Å². The molecule has 8 heteroatoms. The van der Waals surface area contributed by atoms with Gasteiger partial charge in [-0.1, -0.05) is 13.3 Å². The predicted octanol–water partition coefficient (Wildman–Crippen LogP) is 4.52. The van der Waals surface area contributed by atoms with Crippen molar-refractivity contribution in [1.82, 2.24) is 14.5 Å². The Morgan fingerprint density at radius 1 is 1.21 bits per heavy atom. The summed E-state index contributed by atoms with van der Waals surface area (Å²) in [4.78, 5) is 31.8. The van der Waals surface area contributed by atoms with Crippen LogP contribution in [0.2, 0.25) is 0 Å². The lowest BCUT2D eigenvalue weighted by Crippen LogP contribution is -2.38. The fourth-order valence-electron chi connectivity index (χ4n) is 4.55. The number of pyridine rings is 1. The minimum absolute atomic E-state index is 0.127. The molecule has 1 N–H and O–H groups in total. The van der Waals surface area contributed by atoms with Gasteiger partial charge in [0.05, 0.1) is 19.2 Å². The van der Waals surface area contributed by atoms with Gasteiger partial charge in [0.2, 0.25) is 0 Å². The third kappa shape index (κ3) is 4.37. The number of rotatable bonds is 6. The maximum atomic E-state index is 13.3. The molecule has 33 heavy (non-hydrogen) atoms. The average Bonchev–Trinajstić information content (AvgIpc) is 3.11. The number of carbonyl (C=O) groups excluding carboxylic acids is 2. The van der Waals surface area contributed by atoms with Crippen molar-refractivity contribution in [2.75, 3.05) is 19.0 Å². The normalized spacial score (nSPS) is 14.0. The first-order valence-electron chi connectivity index (χ1n) is 11.3. The van der Waals surface area contributed by atoms with Gasteiger partial charge < -0.3 is 24.3 Å². The number of methoxy groups -OCH3 is 1. The highest BCUT2D eigenvalue weighted by atomic mass is 16.6. The largest absolute Gasteiger partial charge is 0.495 e. The Balaban J connectivity index is 1.73. The Labute approximate surface area is 193 Å². The molecule has 0 aliphatic carbocycles. The van der Waals surface area contributed by atoms with Crippen LogP contribution in [0.4, 0.5) is 10.5 Å². The Morgan fingerprint density at radius 3 is 2.67 bits per heavy atom. The van der Waals surface area contributed by atoms with Crippen LogP contribution in [0.1, 0.15) is 48.3 Å². The minimum Gasteiger partial charge on any atom is -0.495 e. The molecule has 2 amide bonds. The molecule has 0 spiro atoms. The van der Waals surface area contributed by atoms with E-state index in [1.807, 2.05) is 20.0 Å². The molecule has 0 saturated heterocycles. The van der Waals surface area contributed by atoms with Gasteiger partial charge in [0.1, 0.15) is 11.9 Å². The van der Waals surface area contributed by atoms with E-state index in [9.17, 15) is 9.59 Å². The average molecular weight is 451 g/mol. The maximum Gasteiger partial charge on any atom is 0.410 e. The van der Waals surface area contributed by atoms with Crippen LogP contribution in [0.5, 0.6) is 5.75 Å². The van der Waals surface area contributed by atoms with Gasteiger partial charge in [-0.15, -0.1) is 0 Å². The Morgan fingerprint density at radius 2 is 1.97 bits per heavy atom. The number of aryl methyl sites for hydroxylation is 1. The van der Waals surface area contributed by atoms with Gasteiger partial charge in [-0.05, 0) is 37.6 Å². The van der Waals surface area contributed by atoms with Crippen LogP contribution >= 0.6 is 0 Å². The zero-order chi connectivity index (χ0) is 23.5. The van der Waals surface area contributed by atoms with Crippen molar-refractivity contribution in [2.24, 2.45) is 7.05 Å². The second-order valence-corrected chi connectivity index (χ2v) is 8.37. The zero-order valence-corrected chi connectivity index (χ0v) is 19.6. The van der Waals surface area contributed by atoms with E-state index in [1.54, 1.807) is 42.6 Å². The molecular weight excluding hydrogens is 420 g/mol. The molecule has 3 heterocycles. The number of carbonyl (C=O) groups is 2. The molecule has 0 bridgehead atoms. The summed E-state index contributed by atoms with van der Waals surface area (Å²) in [6, 6.07) is 7.08. The number of aromatic nitrogens is 2. The van der Waals surface area contributed by atoms with Crippen LogP contribution in [0.25, 0.3) is 10.9 Å². The molecule has 1 atom stereocenters. The highest BCUT2D eigenvalue weighted by Crippen LogP contribution is 2.38. The van der Waals surface area contributed by atoms with Crippen molar-refractivity contribution >= 4 is 28.6 Å². The lowest BCUT2D eigenvalue weighted by atomic mass is 10.00. The first-order valence-corrected chi connectivity index (χ1v) is 11.3. The quantitative estimate of drug-likeness (QED) is 0.597. The molecule has 2 aromatic heterocycles. The maximum absolute atomic E-state index is 13.3. The molecule has 3 aromatic rings. The molecule has 1 aromatic carbocycles. The highest BCUT2D eigenvalue weighted by molar-refractivity contribution is 6.14. The Hall–Kier alpha value is -3.55. The molecule has 1 unspecified atom stereocenters. The molecular formula is C25H30N4O4. The lowest BCUT2D eigenvalue weighted by Gasteiger charge is -2.28. The van der Waals surface area contributed by atoms with Crippen molar-refractivity contribution < 1.29 is 19.1 Å². The van der Waals surface area contributed by atoms with Crippen LogP contribution in [0.3, 0.4) is 0 Å². The smallest absolute Gasteiger partial charge is 0.410 e. The summed E-state index contributed by atoms with van der Waals surface area (Å²) in [6.07, 6.45) is 5.28.